The number of amides is 3. The molecule has 3 aromatic carbocycles. The smallest absolute Gasteiger partial charge is 0.462 e. The Morgan fingerprint density at radius 2 is 0.967 bits per heavy atom. The molecule has 0 radical (unpaired) electrons. The van der Waals surface area contributed by atoms with Crippen LogP contribution in [-0.4, -0.2) is 80.6 Å². The van der Waals surface area contributed by atoms with Gasteiger partial charge in [0.05, 0.1) is 58.0 Å². The molecule has 5 atom stereocenters. The molecule has 0 spiro atoms. The molecule has 1 saturated heterocycles. The predicted molar refractivity (Wildman–Crippen MR) is 366 cm³/mol. The van der Waals surface area contributed by atoms with E-state index in [0.29, 0.717) is 38.9 Å². The van der Waals surface area contributed by atoms with Crippen LogP contribution >= 0.6 is 7.82 Å². The Kier molecular flexibility index (Phi) is 45.9. The van der Waals surface area contributed by atoms with E-state index in [1.165, 1.54) is 109 Å². The quantitative estimate of drug-likeness (QED) is 0.0276. The molecule has 3 aromatic rings. The topological polar surface area (TPSA) is 186 Å². The molecule has 3 amide bonds. The van der Waals surface area contributed by atoms with Gasteiger partial charge >= 0.3 is 13.8 Å². The van der Waals surface area contributed by atoms with Crippen LogP contribution in [0.2, 0.25) is 0 Å². The molecule has 1 heterocycles. The van der Waals surface area contributed by atoms with Gasteiger partial charge in [0.1, 0.15) is 12.1 Å². The van der Waals surface area contributed by atoms with Crippen molar-refractivity contribution in [3.05, 3.63) is 108 Å². The van der Waals surface area contributed by atoms with Crippen molar-refractivity contribution in [2.24, 2.45) is 0 Å². The zero-order valence-electron chi connectivity index (χ0n) is 56.7. The minimum absolute atomic E-state index is 0.0477. The van der Waals surface area contributed by atoms with Gasteiger partial charge in [0, 0.05) is 26.0 Å². The van der Waals surface area contributed by atoms with Crippen LogP contribution in [0.25, 0.3) is 0 Å². The normalized spacial score (nSPS) is 14.7. The maximum atomic E-state index is 14.4. The number of phosphoric acid groups is 1. The number of nitrogens with one attached hydrogen (secondary N) is 3. The number of hydrogen-bond acceptors (Lipinski definition) is 12. The lowest BCUT2D eigenvalue weighted by molar-refractivity contribution is -0.167. The van der Waals surface area contributed by atoms with Crippen LogP contribution in [0.1, 0.15) is 281 Å². The minimum Gasteiger partial charge on any atom is -0.462 e. The molecule has 0 saturated carbocycles. The molecule has 1 aliphatic heterocycles. The van der Waals surface area contributed by atoms with E-state index in [-0.39, 0.29) is 82.5 Å². The number of phosphoric ester groups is 1. The summed E-state index contributed by atoms with van der Waals surface area (Å²) in [4.78, 5) is 56.2. The van der Waals surface area contributed by atoms with E-state index in [2.05, 4.69) is 36.7 Å². The van der Waals surface area contributed by atoms with E-state index in [1.54, 1.807) is 0 Å². The van der Waals surface area contributed by atoms with Gasteiger partial charge in [-0.15, -0.1) is 0 Å². The molecule has 91 heavy (non-hydrogen) atoms. The molecule has 4 rings (SSSR count). The van der Waals surface area contributed by atoms with E-state index >= 15 is 0 Å². The lowest BCUT2D eigenvalue weighted by Gasteiger charge is -2.27. The summed E-state index contributed by atoms with van der Waals surface area (Å²) in [7, 11) is -4.23. The van der Waals surface area contributed by atoms with Crippen molar-refractivity contribution in [2.45, 2.75) is 315 Å². The van der Waals surface area contributed by atoms with E-state index in [9.17, 15) is 23.7 Å². The molecule has 3 unspecified atom stereocenters. The van der Waals surface area contributed by atoms with E-state index in [0.717, 1.165) is 107 Å². The van der Waals surface area contributed by atoms with Crippen LogP contribution in [0.15, 0.2) is 91.0 Å². The Labute approximate surface area is 550 Å². The first kappa shape index (κ1) is 79.0. The molecule has 1 fully saturated rings. The second-order valence-electron chi connectivity index (χ2n) is 25.3. The van der Waals surface area contributed by atoms with E-state index < -0.39 is 31.8 Å². The number of carbonyl (C=O) groups excluding carboxylic acids is 4. The molecule has 16 heteroatoms. The highest BCUT2D eigenvalue weighted by atomic mass is 31.2. The zero-order valence-corrected chi connectivity index (χ0v) is 57.6. The fraction of sp³-hybridized carbons (Fsp3) is 0.707. The molecule has 3 N–H and O–H groups in total. The number of ether oxygens (including phenoxy) is 4. The Balaban J connectivity index is 1.46. The summed E-state index contributed by atoms with van der Waals surface area (Å²) in [6.45, 7) is 7.83. The molecule has 1 aliphatic rings. The summed E-state index contributed by atoms with van der Waals surface area (Å²) in [5.41, 5.74) is 2.59. The van der Waals surface area contributed by atoms with Crippen molar-refractivity contribution in [1.29, 1.82) is 0 Å². The van der Waals surface area contributed by atoms with Crippen molar-refractivity contribution < 1.29 is 56.3 Å². The molecule has 0 aliphatic carbocycles. The van der Waals surface area contributed by atoms with Crippen LogP contribution in [-0.2, 0) is 76.1 Å². The number of rotatable bonds is 58. The third kappa shape index (κ3) is 41.1. The van der Waals surface area contributed by atoms with E-state index in [1.807, 2.05) is 91.0 Å². The van der Waals surface area contributed by atoms with Crippen LogP contribution in [0, 0.1) is 0 Å². The standard InChI is InChI=1S/C75H122N3O12P/c1-4-7-10-13-16-19-22-25-37-50-68(85-60-64-43-31-28-32-44-64)58-71(79)77-67(63-86-74-53-40-41-56-84-74)49-42-55-76-75(82)70(54-57-87-91(83,88-61-65-45-33-29-34-46-65)89-62-66-47-35-30-36-48-66)78-72(80)59-69(51-38-26-23-20-17-14-11-8-5-2)90-73(81)52-39-27-24-21-18-15-12-9-6-3/h28-36,43-48,67-70,74H,4-27,37-42,49-63H2,1-3H3,(H,76,82)(H,77,79)(H,78,80)/t67?,68-,69-,70?,74?/m1/s1. The van der Waals surface area contributed by atoms with Crippen molar-refractivity contribution >= 4 is 31.5 Å². The van der Waals surface area contributed by atoms with E-state index in [4.69, 9.17) is 32.5 Å². The second-order valence-corrected chi connectivity index (χ2v) is 27.0. The fourth-order valence-corrected chi connectivity index (χ4v) is 12.6. The van der Waals surface area contributed by atoms with Gasteiger partial charge in [-0.3, -0.25) is 32.7 Å². The van der Waals surface area contributed by atoms with Crippen LogP contribution < -0.4 is 16.0 Å². The van der Waals surface area contributed by atoms with Gasteiger partial charge in [-0.25, -0.2) is 4.57 Å². The lowest BCUT2D eigenvalue weighted by Crippen LogP contribution is -2.48. The van der Waals surface area contributed by atoms with Gasteiger partial charge < -0.3 is 34.9 Å². The molecule has 514 valence electrons. The maximum absolute atomic E-state index is 14.4. The molecular weight excluding hydrogens is 1170 g/mol. The van der Waals surface area contributed by atoms with Crippen molar-refractivity contribution in [1.82, 2.24) is 16.0 Å². The van der Waals surface area contributed by atoms with Gasteiger partial charge in [0.25, 0.3) is 0 Å². The summed E-state index contributed by atoms with van der Waals surface area (Å²) in [5, 5.41) is 9.25. The van der Waals surface area contributed by atoms with Gasteiger partial charge in [0.2, 0.25) is 17.7 Å². The molecular formula is C75H122N3O12P. The third-order valence-electron chi connectivity index (χ3n) is 17.0. The van der Waals surface area contributed by atoms with Crippen molar-refractivity contribution in [2.75, 3.05) is 26.4 Å². The second kappa shape index (κ2) is 52.9. The number of carbonyl (C=O) groups is 4. The van der Waals surface area contributed by atoms with Gasteiger partial charge in [0.15, 0.2) is 6.29 Å². The van der Waals surface area contributed by atoms with Crippen molar-refractivity contribution in [3.63, 3.8) is 0 Å². The number of hydrogen-bond donors (Lipinski definition) is 3. The highest BCUT2D eigenvalue weighted by Crippen LogP contribution is 2.51. The monoisotopic (exact) mass is 1290 g/mol. The lowest BCUT2D eigenvalue weighted by atomic mass is 10.0. The summed E-state index contributed by atoms with van der Waals surface area (Å²) >= 11 is 0. The first-order chi connectivity index (χ1) is 44.6. The Bertz CT molecular complexity index is 2260. The molecule has 0 aromatic heterocycles. The Hall–Kier alpha value is -4.47. The van der Waals surface area contributed by atoms with Gasteiger partial charge in [-0.05, 0) is 74.5 Å². The molecule has 0 bridgehead atoms. The first-order valence-electron chi connectivity index (χ1n) is 36.1. The van der Waals surface area contributed by atoms with Crippen LogP contribution in [0.4, 0.5) is 0 Å². The molecule has 15 nitrogen and oxygen atoms in total. The first-order valence-corrected chi connectivity index (χ1v) is 37.6. The predicted octanol–water partition coefficient (Wildman–Crippen LogP) is 18.4. The Morgan fingerprint density at radius 3 is 1.47 bits per heavy atom. The average Bonchev–Trinajstić information content (AvgIpc) is 3.65. The highest BCUT2D eigenvalue weighted by Gasteiger charge is 2.31. The van der Waals surface area contributed by atoms with Crippen molar-refractivity contribution in [3.8, 4) is 0 Å². The zero-order chi connectivity index (χ0) is 64.9. The summed E-state index contributed by atoms with van der Waals surface area (Å²) in [6, 6.07) is 27.1. The van der Waals surface area contributed by atoms with Crippen LogP contribution in [0.5, 0.6) is 0 Å². The largest absolute Gasteiger partial charge is 0.475 e. The highest BCUT2D eigenvalue weighted by molar-refractivity contribution is 7.48. The fourth-order valence-electron chi connectivity index (χ4n) is 11.4. The van der Waals surface area contributed by atoms with Gasteiger partial charge in [-0.1, -0.05) is 272 Å². The maximum Gasteiger partial charge on any atom is 0.475 e. The SMILES string of the molecule is CCCCCCCCCCCC(=O)O[C@H](CCCCCCCCCCC)CC(=O)NC(CCOP(=O)(OCc1ccccc1)OCc1ccccc1)C(=O)NCCCC(COC1CCCCO1)NC(=O)C[C@@H](CCCCCCCCCCC)OCc1ccccc1. The average molecular weight is 1290 g/mol. The third-order valence-corrected chi connectivity index (χ3v) is 18.4. The number of benzene rings is 3. The Morgan fingerprint density at radius 1 is 0.505 bits per heavy atom. The summed E-state index contributed by atoms with van der Waals surface area (Å²) < 4.78 is 56.9. The number of unbranched alkanes of at least 4 members (excludes halogenated alkanes) is 24. The van der Waals surface area contributed by atoms with Gasteiger partial charge in [-0.2, -0.15) is 0 Å². The summed E-state index contributed by atoms with van der Waals surface area (Å²) in [6.07, 6.45) is 35.3. The number of esters is 1. The minimum atomic E-state index is -4.23. The summed E-state index contributed by atoms with van der Waals surface area (Å²) in [5.74, 6) is -1.35. The van der Waals surface area contributed by atoms with Crippen LogP contribution in [0.3, 0.4) is 0 Å².